The van der Waals surface area contributed by atoms with Gasteiger partial charge in [0.05, 0.1) is 14.4 Å². The second-order valence-electron chi connectivity index (χ2n) is 4.79. The highest BCUT2D eigenvalue weighted by atomic mass is 79.9. The molecule has 0 N–H and O–H groups in total. The fraction of sp³-hybridized carbons (Fsp3) is 0.357. The standard InChI is InChI=1S/C14H16BrN3S/c1-17-6-8-18(9-7-17)11-4-5-16-12(10-11)13-2-3-14(15)19-13/h2-5,10H,6-9H2,1H3. The molecule has 100 valence electrons. The lowest BCUT2D eigenvalue weighted by Crippen LogP contribution is -2.44. The van der Waals surface area contributed by atoms with Gasteiger partial charge in [0, 0.05) is 38.1 Å². The van der Waals surface area contributed by atoms with Crippen molar-refractivity contribution in [3.63, 3.8) is 0 Å². The Morgan fingerprint density at radius 2 is 1.95 bits per heavy atom. The average molecular weight is 338 g/mol. The molecule has 1 saturated heterocycles. The maximum atomic E-state index is 4.49. The number of halogens is 1. The Labute approximate surface area is 126 Å². The van der Waals surface area contributed by atoms with Gasteiger partial charge in [0.25, 0.3) is 0 Å². The van der Waals surface area contributed by atoms with Gasteiger partial charge >= 0.3 is 0 Å². The summed E-state index contributed by atoms with van der Waals surface area (Å²) in [5, 5.41) is 0. The Morgan fingerprint density at radius 1 is 1.16 bits per heavy atom. The number of pyridine rings is 1. The monoisotopic (exact) mass is 337 g/mol. The summed E-state index contributed by atoms with van der Waals surface area (Å²) in [5.74, 6) is 0. The van der Waals surface area contributed by atoms with Gasteiger partial charge < -0.3 is 9.80 Å². The number of rotatable bonds is 2. The summed E-state index contributed by atoms with van der Waals surface area (Å²) in [6.45, 7) is 4.44. The van der Waals surface area contributed by atoms with Gasteiger partial charge in [-0.2, -0.15) is 0 Å². The molecule has 2 aromatic rings. The number of hydrogen-bond acceptors (Lipinski definition) is 4. The molecule has 0 bridgehead atoms. The molecule has 2 aromatic heterocycles. The molecule has 5 heteroatoms. The van der Waals surface area contributed by atoms with E-state index in [0.717, 1.165) is 35.7 Å². The van der Waals surface area contributed by atoms with Gasteiger partial charge in [-0.25, -0.2) is 0 Å². The van der Waals surface area contributed by atoms with Gasteiger partial charge in [0.15, 0.2) is 0 Å². The van der Waals surface area contributed by atoms with E-state index in [1.54, 1.807) is 11.3 Å². The molecule has 3 heterocycles. The summed E-state index contributed by atoms with van der Waals surface area (Å²) >= 11 is 5.23. The minimum atomic E-state index is 1.06. The predicted molar refractivity (Wildman–Crippen MR) is 85.0 cm³/mol. The minimum absolute atomic E-state index is 1.06. The highest BCUT2D eigenvalue weighted by Crippen LogP contribution is 2.31. The van der Waals surface area contributed by atoms with E-state index in [-0.39, 0.29) is 0 Å². The predicted octanol–water partition coefficient (Wildman–Crippen LogP) is 3.32. The normalized spacial score (nSPS) is 16.8. The highest BCUT2D eigenvalue weighted by Gasteiger charge is 2.15. The molecule has 3 rings (SSSR count). The van der Waals surface area contributed by atoms with Crippen LogP contribution in [0.25, 0.3) is 10.6 Å². The molecule has 0 aromatic carbocycles. The van der Waals surface area contributed by atoms with Gasteiger partial charge in [-0.1, -0.05) is 0 Å². The molecule has 0 atom stereocenters. The molecule has 1 aliphatic rings. The molecule has 0 amide bonds. The van der Waals surface area contributed by atoms with Crippen molar-refractivity contribution in [3.8, 4) is 10.6 Å². The summed E-state index contributed by atoms with van der Waals surface area (Å²) < 4.78 is 1.15. The van der Waals surface area contributed by atoms with E-state index in [1.807, 2.05) is 6.20 Å². The fourth-order valence-electron chi connectivity index (χ4n) is 2.27. The van der Waals surface area contributed by atoms with Gasteiger partial charge in [0.1, 0.15) is 0 Å². The van der Waals surface area contributed by atoms with E-state index in [4.69, 9.17) is 0 Å². The Kier molecular flexibility index (Phi) is 3.86. The van der Waals surface area contributed by atoms with E-state index in [2.05, 4.69) is 62.0 Å². The summed E-state index contributed by atoms with van der Waals surface area (Å²) in [7, 11) is 2.18. The number of thiophene rings is 1. The summed E-state index contributed by atoms with van der Waals surface area (Å²) in [6, 6.07) is 8.50. The van der Waals surface area contributed by atoms with Crippen LogP contribution in [0.15, 0.2) is 34.2 Å². The number of nitrogens with zero attached hydrogens (tertiary/aromatic N) is 3. The van der Waals surface area contributed by atoms with Crippen LogP contribution in [0.5, 0.6) is 0 Å². The SMILES string of the molecule is CN1CCN(c2ccnc(-c3ccc(Br)s3)c2)CC1. The Morgan fingerprint density at radius 3 is 2.63 bits per heavy atom. The van der Waals surface area contributed by atoms with Crippen molar-refractivity contribution >= 4 is 33.0 Å². The lowest BCUT2D eigenvalue weighted by molar-refractivity contribution is 0.313. The van der Waals surface area contributed by atoms with Gasteiger partial charge in [-0.05, 0) is 47.2 Å². The molecule has 0 unspecified atom stereocenters. The number of likely N-dealkylation sites (N-methyl/N-ethyl adjacent to an activating group) is 1. The largest absolute Gasteiger partial charge is 0.369 e. The molecule has 0 aliphatic carbocycles. The van der Waals surface area contributed by atoms with Gasteiger partial charge in [-0.3, -0.25) is 4.98 Å². The van der Waals surface area contributed by atoms with E-state index < -0.39 is 0 Å². The second-order valence-corrected chi connectivity index (χ2v) is 7.26. The van der Waals surface area contributed by atoms with Crippen LogP contribution in [0.1, 0.15) is 0 Å². The quantitative estimate of drug-likeness (QED) is 0.837. The molecule has 0 radical (unpaired) electrons. The molecular formula is C14H16BrN3S. The fourth-order valence-corrected chi connectivity index (χ4v) is 3.62. The lowest BCUT2D eigenvalue weighted by atomic mass is 10.2. The van der Waals surface area contributed by atoms with Crippen molar-refractivity contribution in [3.05, 3.63) is 34.2 Å². The van der Waals surface area contributed by atoms with E-state index in [9.17, 15) is 0 Å². The molecular weight excluding hydrogens is 322 g/mol. The number of aromatic nitrogens is 1. The van der Waals surface area contributed by atoms with Crippen LogP contribution < -0.4 is 4.90 Å². The molecule has 3 nitrogen and oxygen atoms in total. The first kappa shape index (κ1) is 13.1. The van der Waals surface area contributed by atoms with Crippen molar-refractivity contribution < 1.29 is 0 Å². The smallest absolute Gasteiger partial charge is 0.0822 e. The maximum Gasteiger partial charge on any atom is 0.0822 e. The second kappa shape index (κ2) is 5.61. The number of anilines is 1. The van der Waals surface area contributed by atoms with Crippen molar-refractivity contribution in [1.82, 2.24) is 9.88 Å². The summed E-state index contributed by atoms with van der Waals surface area (Å²) in [4.78, 5) is 10.5. The Bertz CT molecular complexity index is 561. The van der Waals surface area contributed by atoms with Crippen LogP contribution in [0, 0.1) is 0 Å². The zero-order chi connectivity index (χ0) is 13.2. The van der Waals surface area contributed by atoms with Crippen LogP contribution in [0.4, 0.5) is 5.69 Å². The molecule has 1 aliphatic heterocycles. The van der Waals surface area contributed by atoms with Crippen molar-refractivity contribution in [1.29, 1.82) is 0 Å². The maximum absolute atomic E-state index is 4.49. The Balaban J connectivity index is 1.84. The van der Waals surface area contributed by atoms with Crippen LogP contribution >= 0.6 is 27.3 Å². The van der Waals surface area contributed by atoms with Crippen molar-refractivity contribution in [2.45, 2.75) is 0 Å². The van der Waals surface area contributed by atoms with Crippen molar-refractivity contribution in [2.75, 3.05) is 38.1 Å². The topological polar surface area (TPSA) is 19.4 Å². The number of piperazine rings is 1. The van der Waals surface area contributed by atoms with Gasteiger partial charge in [-0.15, -0.1) is 11.3 Å². The molecule has 0 saturated carbocycles. The van der Waals surface area contributed by atoms with E-state index in [0.29, 0.717) is 0 Å². The summed E-state index contributed by atoms with van der Waals surface area (Å²) in [5.41, 5.74) is 2.34. The number of hydrogen-bond donors (Lipinski definition) is 0. The summed E-state index contributed by atoms with van der Waals surface area (Å²) in [6.07, 6.45) is 1.91. The first-order chi connectivity index (χ1) is 9.22. The zero-order valence-electron chi connectivity index (χ0n) is 10.8. The third-order valence-corrected chi connectivity index (χ3v) is 5.08. The lowest BCUT2D eigenvalue weighted by Gasteiger charge is -2.34. The van der Waals surface area contributed by atoms with Crippen molar-refractivity contribution in [2.24, 2.45) is 0 Å². The Hall–Kier alpha value is -0.910. The van der Waals surface area contributed by atoms with Gasteiger partial charge in [0.2, 0.25) is 0 Å². The molecule has 19 heavy (non-hydrogen) atoms. The first-order valence-electron chi connectivity index (χ1n) is 6.37. The average Bonchev–Trinajstić information content (AvgIpc) is 2.86. The van der Waals surface area contributed by atoms with Crippen LogP contribution in [-0.2, 0) is 0 Å². The van der Waals surface area contributed by atoms with E-state index >= 15 is 0 Å². The van der Waals surface area contributed by atoms with Crippen LogP contribution in [-0.4, -0.2) is 43.1 Å². The third kappa shape index (κ3) is 2.99. The first-order valence-corrected chi connectivity index (χ1v) is 7.98. The van der Waals surface area contributed by atoms with E-state index in [1.165, 1.54) is 10.6 Å². The highest BCUT2D eigenvalue weighted by molar-refractivity contribution is 9.11. The van der Waals surface area contributed by atoms with Crippen LogP contribution in [0.3, 0.4) is 0 Å². The minimum Gasteiger partial charge on any atom is -0.369 e. The molecule has 0 spiro atoms. The third-order valence-electron chi connectivity index (χ3n) is 3.44. The van der Waals surface area contributed by atoms with Crippen LogP contribution in [0.2, 0.25) is 0 Å². The zero-order valence-corrected chi connectivity index (χ0v) is 13.2. The molecule has 1 fully saturated rings.